The number of para-hydroxylation sites is 1. The first kappa shape index (κ1) is 16.3. The zero-order chi connectivity index (χ0) is 15.4. The number of nitrogens with two attached hydrogens (primary N) is 1. The fraction of sp³-hybridized carbons (Fsp3) is 0.562. The molecule has 1 atom stereocenters. The first-order valence-electron chi connectivity index (χ1n) is 7.44. The highest BCUT2D eigenvalue weighted by molar-refractivity contribution is 9.10. The molecular weight excluding hydrogens is 332 g/mol. The highest BCUT2D eigenvalue weighted by atomic mass is 79.9. The zero-order valence-corrected chi connectivity index (χ0v) is 14.2. The molecule has 0 saturated heterocycles. The summed E-state index contributed by atoms with van der Waals surface area (Å²) in [4.78, 5) is 13.8. The van der Waals surface area contributed by atoms with Crippen molar-refractivity contribution in [1.29, 1.82) is 0 Å². The summed E-state index contributed by atoms with van der Waals surface area (Å²) in [7, 11) is 1.84. The van der Waals surface area contributed by atoms with E-state index in [1.54, 1.807) is 4.90 Å². The lowest BCUT2D eigenvalue weighted by Crippen LogP contribution is -2.33. The van der Waals surface area contributed by atoms with Crippen LogP contribution in [0.15, 0.2) is 22.7 Å². The number of benzene rings is 1. The van der Waals surface area contributed by atoms with E-state index in [1.165, 1.54) is 0 Å². The molecule has 0 spiro atoms. The van der Waals surface area contributed by atoms with Crippen molar-refractivity contribution in [3.8, 4) is 5.75 Å². The average Bonchev–Trinajstić information content (AvgIpc) is 3.30. The molecule has 1 saturated carbocycles. The van der Waals surface area contributed by atoms with Crippen molar-refractivity contribution >= 4 is 21.8 Å². The molecule has 1 aromatic rings. The second-order valence-corrected chi connectivity index (χ2v) is 6.48. The standard InChI is InChI=1S/C16H23BrN2O2/c1-3-12(18)9-11-5-4-6-14(17)16(11)21-10-15(20)19(2)13-7-8-13/h4-6,12-13H,3,7-10,18H2,1-2H3. The monoisotopic (exact) mass is 354 g/mol. The Balaban J connectivity index is 2.02. The number of hydrogen-bond donors (Lipinski definition) is 1. The van der Waals surface area contributed by atoms with E-state index >= 15 is 0 Å². The van der Waals surface area contributed by atoms with Gasteiger partial charge in [0.1, 0.15) is 5.75 Å². The molecule has 0 radical (unpaired) electrons. The van der Waals surface area contributed by atoms with Crippen LogP contribution in [0.25, 0.3) is 0 Å². The van der Waals surface area contributed by atoms with E-state index in [4.69, 9.17) is 10.5 Å². The highest BCUT2D eigenvalue weighted by Gasteiger charge is 2.29. The predicted octanol–water partition coefficient (Wildman–Crippen LogP) is 2.73. The van der Waals surface area contributed by atoms with Gasteiger partial charge in [0.05, 0.1) is 4.47 Å². The van der Waals surface area contributed by atoms with Crippen molar-refractivity contribution in [2.24, 2.45) is 5.73 Å². The molecule has 1 amide bonds. The van der Waals surface area contributed by atoms with Crippen LogP contribution in [0, 0.1) is 0 Å². The molecule has 2 rings (SSSR count). The number of halogens is 1. The first-order valence-corrected chi connectivity index (χ1v) is 8.23. The fourth-order valence-corrected chi connectivity index (χ4v) is 2.73. The van der Waals surface area contributed by atoms with Crippen LogP contribution < -0.4 is 10.5 Å². The molecule has 1 aromatic carbocycles. The molecule has 1 fully saturated rings. The van der Waals surface area contributed by atoms with E-state index in [0.29, 0.717) is 6.04 Å². The number of rotatable bonds is 7. The summed E-state index contributed by atoms with van der Waals surface area (Å²) in [5.41, 5.74) is 7.07. The van der Waals surface area contributed by atoms with Crippen molar-refractivity contribution in [2.75, 3.05) is 13.7 Å². The predicted molar refractivity (Wildman–Crippen MR) is 87.4 cm³/mol. The molecule has 0 aliphatic heterocycles. The van der Waals surface area contributed by atoms with Crippen LogP contribution in [0.2, 0.25) is 0 Å². The maximum absolute atomic E-state index is 12.1. The summed E-state index contributed by atoms with van der Waals surface area (Å²) < 4.78 is 6.65. The number of nitrogens with zero attached hydrogens (tertiary/aromatic N) is 1. The highest BCUT2D eigenvalue weighted by Crippen LogP contribution is 2.30. The minimum Gasteiger partial charge on any atom is -0.482 e. The summed E-state index contributed by atoms with van der Waals surface area (Å²) in [6, 6.07) is 6.41. The molecule has 116 valence electrons. The topological polar surface area (TPSA) is 55.6 Å². The van der Waals surface area contributed by atoms with Gasteiger partial charge in [0.25, 0.3) is 5.91 Å². The SMILES string of the molecule is CCC(N)Cc1cccc(Br)c1OCC(=O)N(C)C1CC1. The Kier molecular flexibility index (Phi) is 5.65. The Morgan fingerprint density at radius 1 is 1.52 bits per heavy atom. The van der Waals surface area contributed by atoms with Crippen molar-refractivity contribution in [1.82, 2.24) is 4.90 Å². The smallest absolute Gasteiger partial charge is 0.260 e. The molecule has 5 heteroatoms. The second kappa shape index (κ2) is 7.27. The molecule has 0 aromatic heterocycles. The minimum absolute atomic E-state index is 0.0268. The lowest BCUT2D eigenvalue weighted by atomic mass is 10.0. The summed E-state index contributed by atoms with van der Waals surface area (Å²) in [6.07, 6.45) is 3.87. The third-order valence-electron chi connectivity index (χ3n) is 3.88. The van der Waals surface area contributed by atoms with Gasteiger partial charge in [-0.25, -0.2) is 0 Å². The normalized spacial score (nSPS) is 15.6. The molecule has 1 aliphatic rings. The van der Waals surface area contributed by atoms with Gasteiger partial charge in [-0.3, -0.25) is 4.79 Å². The maximum atomic E-state index is 12.1. The van der Waals surface area contributed by atoms with Crippen LogP contribution in [0.5, 0.6) is 5.75 Å². The van der Waals surface area contributed by atoms with E-state index in [-0.39, 0.29) is 18.6 Å². The number of amides is 1. The summed E-state index contributed by atoms with van der Waals surface area (Å²) in [5.74, 6) is 0.762. The zero-order valence-electron chi connectivity index (χ0n) is 12.6. The Morgan fingerprint density at radius 3 is 2.86 bits per heavy atom. The van der Waals surface area contributed by atoms with Crippen LogP contribution in [0.3, 0.4) is 0 Å². The minimum atomic E-state index is 0.0268. The van der Waals surface area contributed by atoms with Gasteiger partial charge in [-0.2, -0.15) is 0 Å². The van der Waals surface area contributed by atoms with Crippen molar-refractivity contribution in [2.45, 2.75) is 44.7 Å². The van der Waals surface area contributed by atoms with Crippen LogP contribution in [0.4, 0.5) is 0 Å². The number of hydrogen-bond acceptors (Lipinski definition) is 3. The Morgan fingerprint density at radius 2 is 2.24 bits per heavy atom. The van der Waals surface area contributed by atoms with Crippen molar-refractivity contribution in [3.05, 3.63) is 28.2 Å². The molecule has 21 heavy (non-hydrogen) atoms. The second-order valence-electron chi connectivity index (χ2n) is 5.63. The Labute approximate surface area is 134 Å². The fourth-order valence-electron chi connectivity index (χ4n) is 2.20. The number of carbonyl (C=O) groups excluding carboxylic acids is 1. The number of carbonyl (C=O) groups is 1. The van der Waals surface area contributed by atoms with Crippen molar-refractivity contribution in [3.63, 3.8) is 0 Å². The average molecular weight is 355 g/mol. The van der Waals surface area contributed by atoms with E-state index < -0.39 is 0 Å². The van der Waals surface area contributed by atoms with Gasteiger partial charge >= 0.3 is 0 Å². The number of likely N-dealkylation sites (N-methyl/N-ethyl adjacent to an activating group) is 1. The Bertz CT molecular complexity index is 503. The lowest BCUT2D eigenvalue weighted by Gasteiger charge is -2.19. The summed E-state index contributed by atoms with van der Waals surface area (Å²) in [5, 5.41) is 0. The largest absolute Gasteiger partial charge is 0.482 e. The molecule has 2 N–H and O–H groups in total. The quantitative estimate of drug-likeness (QED) is 0.818. The summed E-state index contributed by atoms with van der Waals surface area (Å²) in [6.45, 7) is 2.14. The third kappa shape index (κ3) is 4.45. The van der Waals surface area contributed by atoms with E-state index in [1.807, 2.05) is 25.2 Å². The lowest BCUT2D eigenvalue weighted by molar-refractivity contribution is -0.132. The molecular formula is C16H23BrN2O2. The van der Waals surface area contributed by atoms with Gasteiger partial charge in [-0.05, 0) is 53.2 Å². The third-order valence-corrected chi connectivity index (χ3v) is 4.51. The van der Waals surface area contributed by atoms with E-state index in [2.05, 4.69) is 22.9 Å². The Hall–Kier alpha value is -1.07. The molecule has 4 nitrogen and oxygen atoms in total. The van der Waals surface area contributed by atoms with Gasteiger partial charge in [-0.15, -0.1) is 0 Å². The molecule has 0 heterocycles. The molecule has 0 bridgehead atoms. The molecule has 1 unspecified atom stereocenters. The van der Waals surface area contributed by atoms with Gasteiger partial charge in [0.15, 0.2) is 6.61 Å². The van der Waals surface area contributed by atoms with E-state index in [9.17, 15) is 4.79 Å². The van der Waals surface area contributed by atoms with Crippen LogP contribution in [-0.4, -0.2) is 36.5 Å². The molecule has 1 aliphatic carbocycles. The summed E-state index contributed by atoms with van der Waals surface area (Å²) >= 11 is 3.50. The van der Waals surface area contributed by atoms with Gasteiger partial charge in [0.2, 0.25) is 0 Å². The van der Waals surface area contributed by atoms with Gasteiger partial charge in [-0.1, -0.05) is 19.1 Å². The number of ether oxygens (including phenoxy) is 1. The van der Waals surface area contributed by atoms with Crippen LogP contribution in [0.1, 0.15) is 31.7 Å². The van der Waals surface area contributed by atoms with Crippen molar-refractivity contribution < 1.29 is 9.53 Å². The first-order chi connectivity index (χ1) is 10.0. The van der Waals surface area contributed by atoms with E-state index in [0.717, 1.165) is 41.5 Å². The van der Waals surface area contributed by atoms with Gasteiger partial charge in [0, 0.05) is 19.1 Å². The van der Waals surface area contributed by atoms with Crippen LogP contribution in [-0.2, 0) is 11.2 Å². The maximum Gasteiger partial charge on any atom is 0.260 e. The van der Waals surface area contributed by atoms with Crippen LogP contribution >= 0.6 is 15.9 Å². The van der Waals surface area contributed by atoms with Gasteiger partial charge < -0.3 is 15.4 Å².